The summed E-state index contributed by atoms with van der Waals surface area (Å²) in [6, 6.07) is 22.0. The van der Waals surface area contributed by atoms with E-state index in [0.717, 1.165) is 114 Å². The summed E-state index contributed by atoms with van der Waals surface area (Å²) >= 11 is 0. The number of anilines is 1. The molecule has 3 N–H and O–H groups in total. The number of aryl methyl sites for hydroxylation is 1. The number of amides is 3. The first-order valence-electron chi connectivity index (χ1n) is 28.4. The van der Waals surface area contributed by atoms with Crippen LogP contribution in [0.15, 0.2) is 79.0 Å². The van der Waals surface area contributed by atoms with E-state index >= 15 is 9.59 Å². The van der Waals surface area contributed by atoms with Crippen molar-refractivity contribution in [1.82, 2.24) is 35.1 Å². The number of aldehydes is 1. The van der Waals surface area contributed by atoms with Gasteiger partial charge < -0.3 is 48.7 Å². The Bertz CT molecular complexity index is 2980. The van der Waals surface area contributed by atoms with E-state index in [1.165, 1.54) is 5.01 Å². The number of piperazine rings is 1. The summed E-state index contributed by atoms with van der Waals surface area (Å²) in [6.07, 6.45) is 7.40. The van der Waals surface area contributed by atoms with Gasteiger partial charge >= 0.3 is 0 Å². The van der Waals surface area contributed by atoms with Gasteiger partial charge in [-0.15, -0.1) is 0 Å². The molecular formula is C62H80N8O8. The molecule has 16 nitrogen and oxygen atoms in total. The summed E-state index contributed by atoms with van der Waals surface area (Å²) in [5, 5.41) is 17.3. The van der Waals surface area contributed by atoms with Gasteiger partial charge in [0.2, 0.25) is 5.91 Å². The van der Waals surface area contributed by atoms with E-state index in [1.54, 1.807) is 31.2 Å². The predicted octanol–water partition coefficient (Wildman–Crippen LogP) is 7.84. The van der Waals surface area contributed by atoms with Crippen molar-refractivity contribution in [3.8, 4) is 28.1 Å². The lowest BCUT2D eigenvalue weighted by molar-refractivity contribution is -0.150. The van der Waals surface area contributed by atoms with Crippen LogP contribution in [0.25, 0.3) is 33.3 Å². The monoisotopic (exact) mass is 1060 g/mol. The summed E-state index contributed by atoms with van der Waals surface area (Å²) in [5.74, 6) is -1.41. The number of fused-ring (bicyclic) bond motifs is 6. The molecule has 6 bridgehead atoms. The van der Waals surface area contributed by atoms with Gasteiger partial charge in [0.25, 0.3) is 11.8 Å². The summed E-state index contributed by atoms with van der Waals surface area (Å²) in [6.45, 7) is 14.0. The predicted molar refractivity (Wildman–Crippen MR) is 302 cm³/mol. The third-order valence-electron chi connectivity index (χ3n) is 17.4. The van der Waals surface area contributed by atoms with Crippen LogP contribution in [0, 0.1) is 11.3 Å². The molecule has 3 saturated heterocycles. The van der Waals surface area contributed by atoms with E-state index in [0.29, 0.717) is 51.0 Å². The first-order valence-corrected chi connectivity index (χ1v) is 28.4. The first-order chi connectivity index (χ1) is 37.6. The minimum atomic E-state index is -1.23. The Balaban J connectivity index is 1.06. The molecular weight excluding hydrogens is 985 g/mol. The number of methoxy groups -OCH3 is 1. The number of hydrogen-bond acceptors (Lipinski definition) is 12. The molecule has 0 unspecified atom stereocenters. The van der Waals surface area contributed by atoms with Crippen molar-refractivity contribution in [2.75, 3.05) is 78.6 Å². The van der Waals surface area contributed by atoms with Crippen molar-refractivity contribution in [3.05, 3.63) is 101 Å². The van der Waals surface area contributed by atoms with E-state index in [-0.39, 0.29) is 49.2 Å². The Kier molecular flexibility index (Phi) is 16.5. The molecule has 6 heterocycles. The highest BCUT2D eigenvalue weighted by Crippen LogP contribution is 2.44. The molecule has 416 valence electrons. The zero-order valence-corrected chi connectivity index (χ0v) is 46.8. The van der Waals surface area contributed by atoms with E-state index in [4.69, 9.17) is 19.2 Å². The molecule has 2 aromatic heterocycles. The van der Waals surface area contributed by atoms with Crippen LogP contribution < -0.4 is 15.6 Å². The van der Waals surface area contributed by atoms with Crippen LogP contribution in [0.3, 0.4) is 0 Å². The SMILES string of the molecule is CCn1c(-c2cc(N3CCN(C)CC3)cnc2[C@H](C)OC)c2c3cc(ccc31)-c1cc(O)cc(c1)C[C@H](NC(=O)[C@H](C1CCCC1)N(C)C(=O)[C@H]1OCC[C@H]1c1ccccc1)C(=O)N1CCC[C@](C=O)(COCC(C)(C)C2)N1. The number of carbonyl (C=O) groups is 4. The van der Waals surface area contributed by atoms with E-state index < -0.39 is 41.0 Å². The van der Waals surface area contributed by atoms with Crippen molar-refractivity contribution in [3.63, 3.8) is 0 Å². The molecule has 4 fully saturated rings. The fraction of sp³-hybridized carbons (Fsp3) is 0.532. The lowest BCUT2D eigenvalue weighted by atomic mass is 9.83. The second-order valence-corrected chi connectivity index (χ2v) is 23.6. The molecule has 1 aliphatic carbocycles. The average Bonchev–Trinajstić information content (AvgIpc) is 4.42. The fourth-order valence-electron chi connectivity index (χ4n) is 13.1. The van der Waals surface area contributed by atoms with E-state index in [2.05, 4.69) is 77.2 Å². The number of rotatable bonds is 12. The summed E-state index contributed by atoms with van der Waals surface area (Å²) in [4.78, 5) is 69.9. The minimum Gasteiger partial charge on any atom is -0.508 e. The normalized spacial score (nSPS) is 24.2. The number of nitrogens with zero attached hydrogens (tertiary/aromatic N) is 6. The molecule has 1 saturated carbocycles. The highest BCUT2D eigenvalue weighted by atomic mass is 16.5. The first kappa shape index (κ1) is 55.2. The number of benzene rings is 3. The molecule has 5 aliphatic rings. The van der Waals surface area contributed by atoms with Gasteiger partial charge in [0, 0.05) is 88.8 Å². The number of ether oxygens (including phenoxy) is 3. The second-order valence-electron chi connectivity index (χ2n) is 23.6. The largest absolute Gasteiger partial charge is 0.508 e. The lowest BCUT2D eigenvalue weighted by Gasteiger charge is -2.42. The standard InChI is InChI=1S/C62H80N8O8/c1-8-69-53-20-19-44-33-49(53)51(56(69)50-34-46(36-63-54(50)40(2)76-7)68-26-24-66(5)25-27-68)35-61(3,4)38-77-39-62(37-71)22-14-23-70(65-62)59(74)52(31-41-29-45(44)32-47(72)30-41)64-58(73)55(43-17-12-13-18-43)67(6)60(75)57-48(21-28-78-57)42-15-10-9-11-16-42/h9-11,15-16,19-20,29-30,32-34,36-37,40,43,48,52,55,57,65,72H,8,12-14,17-18,21-28,31,35,38-39H2,1-7H3,(H,64,73)/t40-,48-,52-,55-,57-,62-/m0/s1. The topological polar surface area (TPSA) is 171 Å². The van der Waals surface area contributed by atoms with Crippen LogP contribution in [0.5, 0.6) is 5.75 Å². The smallest absolute Gasteiger partial charge is 0.259 e. The Morgan fingerprint density at radius 1 is 0.974 bits per heavy atom. The van der Waals surface area contributed by atoms with E-state index in [9.17, 15) is 14.7 Å². The van der Waals surface area contributed by atoms with Gasteiger partial charge in [0.1, 0.15) is 35.8 Å². The van der Waals surface area contributed by atoms with Gasteiger partial charge in [-0.25, -0.2) is 5.43 Å². The number of hydrogen-bond donors (Lipinski definition) is 3. The highest BCUT2D eigenvalue weighted by molar-refractivity contribution is 5.96. The van der Waals surface area contributed by atoms with E-state index in [1.807, 2.05) is 49.5 Å². The number of phenols is 1. The minimum absolute atomic E-state index is 0.0135. The zero-order chi connectivity index (χ0) is 54.9. The summed E-state index contributed by atoms with van der Waals surface area (Å²) in [7, 11) is 5.57. The van der Waals surface area contributed by atoms with Gasteiger partial charge in [-0.2, -0.15) is 0 Å². The lowest BCUT2D eigenvalue weighted by Crippen LogP contribution is -2.66. The number of nitrogens with one attached hydrogen (secondary N) is 2. The molecule has 16 heteroatoms. The van der Waals surface area contributed by atoms with Crippen LogP contribution >= 0.6 is 0 Å². The van der Waals surface area contributed by atoms with Crippen LogP contribution in [0.1, 0.15) is 107 Å². The molecule has 0 spiro atoms. The van der Waals surface area contributed by atoms with Crippen molar-refractivity contribution in [2.24, 2.45) is 11.3 Å². The number of aromatic nitrogens is 2. The Morgan fingerprint density at radius 2 is 1.74 bits per heavy atom. The molecule has 6 atom stereocenters. The number of likely N-dealkylation sites (N-methyl/N-ethyl adjacent to an activating group) is 2. The number of hydrazine groups is 1. The van der Waals surface area contributed by atoms with Crippen LogP contribution in [-0.2, 0) is 52.8 Å². The van der Waals surface area contributed by atoms with Gasteiger partial charge in [-0.1, -0.05) is 69.2 Å². The molecule has 0 radical (unpaired) electrons. The Hall–Kier alpha value is -6.17. The third kappa shape index (κ3) is 11.3. The maximum Gasteiger partial charge on any atom is 0.259 e. The fourth-order valence-corrected chi connectivity index (χ4v) is 13.1. The van der Waals surface area contributed by atoms with Gasteiger partial charge in [0.15, 0.2) is 0 Å². The molecule has 4 aliphatic heterocycles. The zero-order valence-electron chi connectivity index (χ0n) is 46.8. The number of phenolic OH excluding ortho intramolecular Hbond substituents is 1. The van der Waals surface area contributed by atoms with Crippen molar-refractivity contribution >= 4 is 40.6 Å². The molecule has 3 aromatic carbocycles. The quantitative estimate of drug-likeness (QED) is 0.104. The van der Waals surface area contributed by atoms with Crippen LogP contribution in [0.2, 0.25) is 0 Å². The maximum atomic E-state index is 15.2. The molecule has 3 amide bonds. The maximum absolute atomic E-state index is 15.2. The van der Waals surface area contributed by atoms with Crippen molar-refractivity contribution in [1.29, 1.82) is 0 Å². The molecule has 78 heavy (non-hydrogen) atoms. The van der Waals surface area contributed by atoms with Gasteiger partial charge in [-0.05, 0) is 129 Å². The Labute approximate surface area is 459 Å². The Morgan fingerprint density at radius 3 is 2.47 bits per heavy atom. The van der Waals surface area contributed by atoms with Gasteiger partial charge in [0.05, 0.1) is 42.6 Å². The van der Waals surface area contributed by atoms with Gasteiger partial charge in [-0.3, -0.25) is 24.4 Å². The molecule has 5 aromatic rings. The van der Waals surface area contributed by atoms with Crippen LogP contribution in [-0.4, -0.2) is 151 Å². The summed E-state index contributed by atoms with van der Waals surface area (Å²) in [5.41, 5.74) is 11.0. The van der Waals surface area contributed by atoms with Crippen molar-refractivity contribution < 1.29 is 38.5 Å². The number of aromatic hydroxyl groups is 1. The van der Waals surface area contributed by atoms with Crippen molar-refractivity contribution in [2.45, 2.75) is 128 Å². The second kappa shape index (κ2) is 23.3. The molecule has 10 rings (SSSR count). The number of pyridine rings is 1. The highest BCUT2D eigenvalue weighted by Gasteiger charge is 2.45. The number of carbonyl (C=O) groups excluding carboxylic acids is 4. The third-order valence-corrected chi connectivity index (χ3v) is 17.4. The summed E-state index contributed by atoms with van der Waals surface area (Å²) < 4.78 is 21.2. The van der Waals surface area contributed by atoms with Crippen LogP contribution in [0.4, 0.5) is 5.69 Å². The average molecular weight is 1070 g/mol.